The lowest BCUT2D eigenvalue weighted by molar-refractivity contribution is -0.384. The van der Waals surface area contributed by atoms with Crippen LogP contribution in [0.5, 0.6) is 0 Å². The molecule has 2 aromatic rings. The second kappa shape index (κ2) is 10.3. The van der Waals surface area contributed by atoms with Crippen molar-refractivity contribution in [2.75, 3.05) is 6.61 Å². The molecular weight excluding hydrogens is 402 g/mol. The van der Waals surface area contributed by atoms with E-state index < -0.39 is 16.9 Å². The van der Waals surface area contributed by atoms with E-state index in [2.05, 4.69) is 5.32 Å². The van der Waals surface area contributed by atoms with E-state index in [0.29, 0.717) is 5.56 Å². The first-order valence-electron chi connectivity index (χ1n) is 9.95. The normalized spacial score (nSPS) is 17.3. The maximum absolute atomic E-state index is 11.1. The molecule has 0 aromatic heterocycles. The number of aliphatic hydroxyl groups is 2. The summed E-state index contributed by atoms with van der Waals surface area (Å²) in [4.78, 5) is 21.4. The first kappa shape index (κ1) is 22.6. The SMILES string of the molecule is O=C(C=Cc1ccc2c(c1)CCC2NC(CO)CC(O)c1ccc([N+](=O)[O-])cc1)NO. The lowest BCUT2D eigenvalue weighted by atomic mass is 10.00. The minimum Gasteiger partial charge on any atom is -0.395 e. The van der Waals surface area contributed by atoms with E-state index in [4.69, 9.17) is 5.21 Å². The molecule has 5 N–H and O–H groups in total. The first-order valence-corrected chi connectivity index (χ1v) is 9.95. The Labute approximate surface area is 179 Å². The van der Waals surface area contributed by atoms with Crippen LogP contribution in [0.1, 0.15) is 47.2 Å². The Morgan fingerprint density at radius 1 is 1.26 bits per heavy atom. The quantitative estimate of drug-likeness (QED) is 0.178. The number of nitrogens with one attached hydrogen (secondary N) is 2. The van der Waals surface area contributed by atoms with Gasteiger partial charge in [-0.15, -0.1) is 0 Å². The third-order valence-electron chi connectivity index (χ3n) is 5.44. The zero-order valence-electron chi connectivity index (χ0n) is 16.8. The van der Waals surface area contributed by atoms with Gasteiger partial charge in [0.2, 0.25) is 0 Å². The molecule has 9 nitrogen and oxygen atoms in total. The molecular formula is C22H25N3O6. The van der Waals surface area contributed by atoms with Gasteiger partial charge in [0.15, 0.2) is 0 Å². The molecule has 0 saturated heterocycles. The van der Waals surface area contributed by atoms with Crippen molar-refractivity contribution in [2.24, 2.45) is 0 Å². The second-order valence-corrected chi connectivity index (χ2v) is 7.51. The summed E-state index contributed by atoms with van der Waals surface area (Å²) < 4.78 is 0. The highest BCUT2D eigenvalue weighted by Crippen LogP contribution is 2.33. The molecule has 0 saturated carbocycles. The van der Waals surface area contributed by atoms with Crippen LogP contribution in [-0.4, -0.2) is 38.9 Å². The average Bonchev–Trinajstić information content (AvgIpc) is 3.18. The van der Waals surface area contributed by atoms with Gasteiger partial charge in [0, 0.05) is 30.3 Å². The summed E-state index contributed by atoms with van der Waals surface area (Å²) in [5, 5.41) is 43.0. The van der Waals surface area contributed by atoms with E-state index in [1.807, 2.05) is 18.2 Å². The molecule has 164 valence electrons. The molecule has 2 aromatic carbocycles. The molecule has 31 heavy (non-hydrogen) atoms. The first-order chi connectivity index (χ1) is 14.9. The van der Waals surface area contributed by atoms with Gasteiger partial charge in [0.1, 0.15) is 0 Å². The Bertz CT molecular complexity index is 960. The molecule has 3 unspecified atom stereocenters. The fourth-order valence-corrected chi connectivity index (χ4v) is 3.83. The number of fused-ring (bicyclic) bond motifs is 1. The van der Waals surface area contributed by atoms with E-state index in [1.54, 1.807) is 11.6 Å². The zero-order valence-corrected chi connectivity index (χ0v) is 16.8. The van der Waals surface area contributed by atoms with Gasteiger partial charge in [0.05, 0.1) is 17.6 Å². The summed E-state index contributed by atoms with van der Waals surface area (Å²) >= 11 is 0. The van der Waals surface area contributed by atoms with Crippen LogP contribution in [0.2, 0.25) is 0 Å². The third-order valence-corrected chi connectivity index (χ3v) is 5.44. The van der Waals surface area contributed by atoms with E-state index >= 15 is 0 Å². The predicted octanol–water partition coefficient (Wildman–Crippen LogP) is 2.17. The number of nitrogens with zero attached hydrogens (tertiary/aromatic N) is 1. The molecule has 1 amide bonds. The maximum Gasteiger partial charge on any atom is 0.269 e. The summed E-state index contributed by atoms with van der Waals surface area (Å²) in [6, 6.07) is 11.2. The average molecular weight is 427 g/mol. The highest BCUT2D eigenvalue weighted by Gasteiger charge is 2.26. The number of carbonyl (C=O) groups excluding carboxylic acids is 1. The maximum atomic E-state index is 11.1. The van der Waals surface area contributed by atoms with Crippen molar-refractivity contribution in [3.8, 4) is 0 Å². The number of carbonyl (C=O) groups is 1. The number of non-ortho nitro benzene ring substituents is 1. The number of amides is 1. The number of aryl methyl sites for hydroxylation is 1. The number of nitro groups is 1. The monoisotopic (exact) mass is 427 g/mol. The molecule has 0 fully saturated rings. The molecule has 0 bridgehead atoms. The minimum atomic E-state index is -0.864. The molecule has 3 atom stereocenters. The van der Waals surface area contributed by atoms with Crippen LogP contribution in [-0.2, 0) is 11.2 Å². The highest BCUT2D eigenvalue weighted by molar-refractivity contribution is 5.90. The summed E-state index contributed by atoms with van der Waals surface area (Å²) in [5.74, 6) is -0.600. The molecule has 0 spiro atoms. The van der Waals surface area contributed by atoms with Crippen LogP contribution in [0.3, 0.4) is 0 Å². The molecule has 3 rings (SSSR count). The summed E-state index contributed by atoms with van der Waals surface area (Å²) in [6.07, 6.45) is 3.93. The van der Waals surface area contributed by atoms with Crippen molar-refractivity contribution in [1.82, 2.24) is 10.8 Å². The topological polar surface area (TPSA) is 145 Å². The van der Waals surface area contributed by atoms with Crippen molar-refractivity contribution in [2.45, 2.75) is 37.5 Å². The Morgan fingerprint density at radius 2 is 2.00 bits per heavy atom. The van der Waals surface area contributed by atoms with Gasteiger partial charge >= 0.3 is 0 Å². The Kier molecular flexibility index (Phi) is 7.48. The zero-order chi connectivity index (χ0) is 22.4. The van der Waals surface area contributed by atoms with E-state index in [9.17, 15) is 25.1 Å². The van der Waals surface area contributed by atoms with E-state index in [0.717, 1.165) is 29.5 Å². The number of hydroxylamine groups is 1. The number of aliphatic hydroxyl groups excluding tert-OH is 2. The van der Waals surface area contributed by atoms with E-state index in [-0.39, 0.29) is 30.8 Å². The summed E-state index contributed by atoms with van der Waals surface area (Å²) in [7, 11) is 0. The predicted molar refractivity (Wildman–Crippen MR) is 113 cm³/mol. The van der Waals surface area contributed by atoms with Crippen molar-refractivity contribution >= 4 is 17.7 Å². The third kappa shape index (κ3) is 5.74. The number of hydrogen-bond donors (Lipinski definition) is 5. The molecule has 0 radical (unpaired) electrons. The number of hydrogen-bond acceptors (Lipinski definition) is 7. The number of benzene rings is 2. The van der Waals surface area contributed by atoms with Gasteiger partial charge in [0.25, 0.3) is 11.6 Å². The number of nitro benzene ring substituents is 1. The summed E-state index contributed by atoms with van der Waals surface area (Å²) in [6.45, 7) is -0.160. The smallest absolute Gasteiger partial charge is 0.269 e. The van der Waals surface area contributed by atoms with Crippen LogP contribution in [0.4, 0.5) is 5.69 Å². The Balaban J connectivity index is 1.63. The summed E-state index contributed by atoms with van der Waals surface area (Å²) in [5.41, 5.74) is 5.15. The lowest BCUT2D eigenvalue weighted by Crippen LogP contribution is -2.36. The molecule has 9 heteroatoms. The largest absolute Gasteiger partial charge is 0.395 e. The molecule has 1 aliphatic rings. The van der Waals surface area contributed by atoms with Gasteiger partial charge < -0.3 is 15.5 Å². The van der Waals surface area contributed by atoms with Crippen LogP contribution in [0, 0.1) is 10.1 Å². The molecule has 0 aliphatic heterocycles. The Hall–Kier alpha value is -3.11. The standard InChI is InChI=1S/C22H25N3O6/c26-13-17(12-21(27)15-3-6-18(7-4-15)25(30)31)23-20-9-5-16-11-14(1-8-19(16)20)2-10-22(28)24-29/h1-4,6-8,10-11,17,20-21,23,26-27,29H,5,9,12-13H2,(H,24,28). The van der Waals surface area contributed by atoms with Crippen LogP contribution >= 0.6 is 0 Å². The number of rotatable bonds is 9. The molecule has 1 aliphatic carbocycles. The van der Waals surface area contributed by atoms with E-state index in [1.165, 1.54) is 30.3 Å². The van der Waals surface area contributed by atoms with Gasteiger partial charge in [-0.3, -0.25) is 20.1 Å². The Morgan fingerprint density at radius 3 is 2.65 bits per heavy atom. The van der Waals surface area contributed by atoms with Gasteiger partial charge in [-0.1, -0.05) is 18.2 Å². The molecule has 0 heterocycles. The van der Waals surface area contributed by atoms with Crippen molar-refractivity contribution in [1.29, 1.82) is 0 Å². The van der Waals surface area contributed by atoms with Gasteiger partial charge in [-0.25, -0.2) is 5.48 Å². The highest BCUT2D eigenvalue weighted by atomic mass is 16.6. The fourth-order valence-electron chi connectivity index (χ4n) is 3.83. The minimum absolute atomic E-state index is 0.0231. The fraction of sp³-hybridized carbons (Fsp3) is 0.318. The van der Waals surface area contributed by atoms with Crippen LogP contribution in [0.25, 0.3) is 6.08 Å². The lowest BCUT2D eigenvalue weighted by Gasteiger charge is -2.24. The van der Waals surface area contributed by atoms with Crippen molar-refractivity contribution < 1.29 is 25.1 Å². The van der Waals surface area contributed by atoms with Gasteiger partial charge in [-0.05, 0) is 59.7 Å². The van der Waals surface area contributed by atoms with Gasteiger partial charge in [-0.2, -0.15) is 0 Å². The van der Waals surface area contributed by atoms with Crippen molar-refractivity contribution in [3.05, 3.63) is 80.9 Å². The second-order valence-electron chi connectivity index (χ2n) is 7.51. The van der Waals surface area contributed by atoms with Crippen LogP contribution < -0.4 is 10.8 Å². The van der Waals surface area contributed by atoms with Crippen LogP contribution in [0.15, 0.2) is 48.5 Å². The van der Waals surface area contributed by atoms with Crippen molar-refractivity contribution in [3.63, 3.8) is 0 Å².